The van der Waals surface area contributed by atoms with Crippen molar-refractivity contribution in [3.05, 3.63) is 35.9 Å². The van der Waals surface area contributed by atoms with Crippen molar-refractivity contribution in [1.82, 2.24) is 15.5 Å². The number of carbonyl (C=O) groups excluding carboxylic acids is 3. The standard InChI is InChI=1S/C22H29N3O3/c1-14(18-12-16-7-9-17(18)11-16)23-20(26)13-25-21(27)19(24-22(25)28)10-8-15-5-3-2-4-6-15/h2-6,14,16-19H,7-13H2,1H3,(H,23,26)(H,24,28)/t14-,16-,17-,18+,19+/m0/s1. The molecule has 1 aromatic rings. The van der Waals surface area contributed by atoms with Crippen molar-refractivity contribution in [1.29, 1.82) is 0 Å². The fourth-order valence-corrected chi connectivity index (χ4v) is 5.33. The third-order valence-electron chi connectivity index (χ3n) is 6.80. The topological polar surface area (TPSA) is 78.5 Å². The summed E-state index contributed by atoms with van der Waals surface area (Å²) in [4.78, 5) is 38.3. The molecule has 6 nitrogen and oxygen atoms in total. The van der Waals surface area contributed by atoms with Gasteiger partial charge in [0.1, 0.15) is 12.6 Å². The SMILES string of the molecule is C[C@H](NC(=O)CN1C(=O)N[C@H](CCc2ccccc2)C1=O)[C@H]1C[C@H]2CC[C@H]1C2. The molecule has 2 bridgehead atoms. The lowest BCUT2D eigenvalue weighted by Crippen LogP contribution is -2.46. The predicted molar refractivity (Wildman–Crippen MR) is 105 cm³/mol. The summed E-state index contributed by atoms with van der Waals surface area (Å²) in [5.74, 6) is 1.53. The molecule has 4 rings (SSSR count). The molecule has 1 heterocycles. The van der Waals surface area contributed by atoms with Crippen molar-refractivity contribution in [2.75, 3.05) is 6.54 Å². The van der Waals surface area contributed by atoms with E-state index in [4.69, 9.17) is 0 Å². The Labute approximate surface area is 166 Å². The minimum Gasteiger partial charge on any atom is -0.352 e. The Morgan fingerprint density at radius 2 is 2.00 bits per heavy atom. The van der Waals surface area contributed by atoms with Gasteiger partial charge < -0.3 is 10.6 Å². The number of urea groups is 1. The third-order valence-corrected chi connectivity index (χ3v) is 6.80. The van der Waals surface area contributed by atoms with Crippen LogP contribution in [0.2, 0.25) is 0 Å². The molecule has 1 aliphatic heterocycles. The van der Waals surface area contributed by atoms with Gasteiger partial charge in [-0.25, -0.2) is 4.79 Å². The molecular formula is C22H29N3O3. The van der Waals surface area contributed by atoms with Crippen LogP contribution < -0.4 is 10.6 Å². The minimum atomic E-state index is -0.552. The molecule has 28 heavy (non-hydrogen) atoms. The summed E-state index contributed by atoms with van der Waals surface area (Å²) in [6, 6.07) is 8.94. The molecule has 3 aliphatic rings. The van der Waals surface area contributed by atoms with Gasteiger partial charge >= 0.3 is 6.03 Å². The normalized spacial score (nSPS) is 29.8. The Kier molecular flexibility index (Phi) is 5.38. The number of fused-ring (bicyclic) bond motifs is 2. The van der Waals surface area contributed by atoms with E-state index < -0.39 is 12.1 Å². The maximum Gasteiger partial charge on any atom is 0.325 e. The number of amides is 4. The van der Waals surface area contributed by atoms with Crippen LogP contribution in [-0.4, -0.2) is 41.4 Å². The second-order valence-corrected chi connectivity index (χ2v) is 8.65. The summed E-state index contributed by atoms with van der Waals surface area (Å²) in [5, 5.41) is 5.75. The zero-order valence-electron chi connectivity index (χ0n) is 16.4. The highest BCUT2D eigenvalue weighted by molar-refractivity contribution is 6.06. The first-order chi connectivity index (χ1) is 13.5. The average Bonchev–Trinajstić information content (AvgIpc) is 3.38. The Balaban J connectivity index is 1.27. The van der Waals surface area contributed by atoms with E-state index in [0.29, 0.717) is 18.8 Å². The van der Waals surface area contributed by atoms with E-state index in [9.17, 15) is 14.4 Å². The molecule has 0 spiro atoms. The zero-order valence-corrected chi connectivity index (χ0v) is 16.4. The molecule has 0 unspecified atom stereocenters. The second kappa shape index (κ2) is 7.94. The summed E-state index contributed by atoms with van der Waals surface area (Å²) in [6.45, 7) is 1.86. The van der Waals surface area contributed by atoms with Crippen LogP contribution in [0.5, 0.6) is 0 Å². The van der Waals surface area contributed by atoms with Gasteiger partial charge in [0.15, 0.2) is 0 Å². The van der Waals surface area contributed by atoms with E-state index in [0.717, 1.165) is 22.3 Å². The Bertz CT molecular complexity index is 751. The molecule has 0 radical (unpaired) electrons. The van der Waals surface area contributed by atoms with Crippen molar-refractivity contribution >= 4 is 17.8 Å². The summed E-state index contributed by atoms with van der Waals surface area (Å²) in [5.41, 5.74) is 1.13. The first-order valence-electron chi connectivity index (χ1n) is 10.5. The number of rotatable bonds is 7. The molecule has 2 aliphatic carbocycles. The van der Waals surface area contributed by atoms with Crippen LogP contribution in [-0.2, 0) is 16.0 Å². The molecule has 4 amide bonds. The lowest BCUT2D eigenvalue weighted by Gasteiger charge is -2.29. The van der Waals surface area contributed by atoms with E-state index in [2.05, 4.69) is 17.6 Å². The van der Waals surface area contributed by atoms with Gasteiger partial charge in [-0.1, -0.05) is 36.8 Å². The number of hydrogen-bond acceptors (Lipinski definition) is 3. The molecular weight excluding hydrogens is 354 g/mol. The van der Waals surface area contributed by atoms with Crippen LogP contribution in [0.25, 0.3) is 0 Å². The van der Waals surface area contributed by atoms with Crippen molar-refractivity contribution < 1.29 is 14.4 Å². The van der Waals surface area contributed by atoms with Crippen LogP contribution in [0.1, 0.15) is 44.6 Å². The van der Waals surface area contributed by atoms with Crippen LogP contribution >= 0.6 is 0 Å². The van der Waals surface area contributed by atoms with Gasteiger partial charge in [-0.05, 0) is 62.3 Å². The number of nitrogens with one attached hydrogen (secondary N) is 2. The van der Waals surface area contributed by atoms with Gasteiger partial charge in [-0.2, -0.15) is 0 Å². The van der Waals surface area contributed by atoms with Gasteiger partial charge in [0.2, 0.25) is 5.91 Å². The molecule has 1 saturated heterocycles. The lowest BCUT2D eigenvalue weighted by molar-refractivity contribution is -0.132. The van der Waals surface area contributed by atoms with E-state index in [1.165, 1.54) is 25.7 Å². The lowest BCUT2D eigenvalue weighted by atomic mass is 9.84. The highest BCUT2D eigenvalue weighted by Gasteiger charge is 2.43. The Morgan fingerprint density at radius 3 is 2.68 bits per heavy atom. The number of imide groups is 1. The smallest absolute Gasteiger partial charge is 0.325 e. The number of carbonyl (C=O) groups is 3. The summed E-state index contributed by atoms with van der Waals surface area (Å²) < 4.78 is 0. The molecule has 3 fully saturated rings. The van der Waals surface area contributed by atoms with Gasteiger partial charge in [-0.15, -0.1) is 0 Å². The number of aryl methyl sites for hydroxylation is 1. The molecule has 5 atom stereocenters. The predicted octanol–water partition coefficient (Wildman–Crippen LogP) is 2.48. The summed E-state index contributed by atoms with van der Waals surface area (Å²) >= 11 is 0. The molecule has 2 N–H and O–H groups in total. The fourth-order valence-electron chi connectivity index (χ4n) is 5.33. The quantitative estimate of drug-likeness (QED) is 0.710. The number of nitrogens with zero attached hydrogens (tertiary/aromatic N) is 1. The van der Waals surface area contributed by atoms with Crippen LogP contribution in [0.4, 0.5) is 4.79 Å². The van der Waals surface area contributed by atoms with Gasteiger partial charge in [0, 0.05) is 6.04 Å². The van der Waals surface area contributed by atoms with Gasteiger partial charge in [0.25, 0.3) is 5.91 Å². The van der Waals surface area contributed by atoms with Gasteiger partial charge in [-0.3, -0.25) is 14.5 Å². The van der Waals surface area contributed by atoms with Crippen LogP contribution in [0.3, 0.4) is 0 Å². The van der Waals surface area contributed by atoms with E-state index in [1.807, 2.05) is 30.3 Å². The summed E-state index contributed by atoms with van der Waals surface area (Å²) in [6.07, 6.45) is 6.32. The first kappa shape index (κ1) is 19.0. The van der Waals surface area contributed by atoms with Crippen LogP contribution in [0, 0.1) is 17.8 Å². The van der Waals surface area contributed by atoms with Crippen LogP contribution in [0.15, 0.2) is 30.3 Å². The van der Waals surface area contributed by atoms with Crippen molar-refractivity contribution in [3.8, 4) is 0 Å². The van der Waals surface area contributed by atoms with Crippen molar-refractivity contribution in [3.63, 3.8) is 0 Å². The molecule has 1 aromatic carbocycles. The maximum atomic E-state index is 12.6. The monoisotopic (exact) mass is 383 g/mol. The Morgan fingerprint density at radius 1 is 1.21 bits per heavy atom. The van der Waals surface area contributed by atoms with E-state index in [1.54, 1.807) is 0 Å². The number of hydrogen-bond donors (Lipinski definition) is 2. The largest absolute Gasteiger partial charge is 0.352 e. The second-order valence-electron chi connectivity index (χ2n) is 8.65. The Hall–Kier alpha value is -2.37. The third kappa shape index (κ3) is 3.91. The van der Waals surface area contributed by atoms with Gasteiger partial charge in [0.05, 0.1) is 0 Å². The van der Waals surface area contributed by atoms with E-state index in [-0.39, 0.29) is 24.4 Å². The fraction of sp³-hybridized carbons (Fsp3) is 0.591. The molecule has 150 valence electrons. The van der Waals surface area contributed by atoms with E-state index >= 15 is 0 Å². The zero-order chi connectivity index (χ0) is 19.7. The average molecular weight is 383 g/mol. The molecule has 2 saturated carbocycles. The highest BCUT2D eigenvalue weighted by Crippen LogP contribution is 2.49. The first-order valence-corrected chi connectivity index (χ1v) is 10.5. The minimum absolute atomic E-state index is 0.0949. The van der Waals surface area contributed by atoms with Crippen molar-refractivity contribution in [2.24, 2.45) is 17.8 Å². The highest BCUT2D eigenvalue weighted by atomic mass is 16.2. The maximum absolute atomic E-state index is 12.6. The molecule has 0 aromatic heterocycles. The summed E-state index contributed by atoms with van der Waals surface area (Å²) in [7, 11) is 0. The molecule has 6 heteroatoms. The number of benzene rings is 1. The van der Waals surface area contributed by atoms with Crippen molar-refractivity contribution in [2.45, 2.75) is 57.5 Å².